The van der Waals surface area contributed by atoms with Crippen molar-refractivity contribution in [3.63, 3.8) is 0 Å². The predicted octanol–water partition coefficient (Wildman–Crippen LogP) is 3.96. The van der Waals surface area contributed by atoms with Crippen molar-refractivity contribution in [2.45, 2.75) is 31.5 Å². The van der Waals surface area contributed by atoms with Crippen LogP contribution in [0.4, 0.5) is 24.5 Å². The van der Waals surface area contributed by atoms with E-state index in [0.29, 0.717) is 28.3 Å². The molecule has 2 atom stereocenters. The summed E-state index contributed by atoms with van der Waals surface area (Å²) in [7, 11) is 1.78. The Balaban J connectivity index is 1.46. The van der Waals surface area contributed by atoms with E-state index < -0.39 is 30.6 Å². The Morgan fingerprint density at radius 2 is 1.94 bits per heavy atom. The zero-order chi connectivity index (χ0) is 23.8. The molecule has 1 aromatic carbocycles. The van der Waals surface area contributed by atoms with Crippen molar-refractivity contribution in [1.82, 2.24) is 19.2 Å². The van der Waals surface area contributed by atoms with Crippen molar-refractivity contribution in [3.8, 4) is 0 Å². The van der Waals surface area contributed by atoms with Gasteiger partial charge in [0.2, 0.25) is 0 Å². The minimum Gasteiger partial charge on any atom is -0.368 e. The molecule has 6 rings (SSSR count). The fraction of sp³-hybridized carbons (Fsp3) is 0.333. The zero-order valence-corrected chi connectivity index (χ0v) is 18.7. The molecule has 176 valence electrons. The number of imidazole rings is 1. The largest absolute Gasteiger partial charge is 0.368 e. The molecule has 4 aromatic rings. The SMILES string of the molecule is Cc1c2c(nn1C)C(O)N(c1ccn3ccnc3c1)C2c1ccc(N2CCC(F)(F)C2)cc1F. The lowest BCUT2D eigenvalue weighted by molar-refractivity contribution is 0.0257. The highest BCUT2D eigenvalue weighted by molar-refractivity contribution is 5.64. The van der Waals surface area contributed by atoms with Crippen LogP contribution >= 0.6 is 0 Å². The second kappa shape index (κ2) is 7.23. The summed E-state index contributed by atoms with van der Waals surface area (Å²) in [4.78, 5) is 7.55. The average Bonchev–Trinajstić information content (AvgIpc) is 3.54. The van der Waals surface area contributed by atoms with E-state index >= 15 is 4.39 Å². The molecule has 1 N–H and O–H groups in total. The first-order valence-corrected chi connectivity index (χ1v) is 11.1. The highest BCUT2D eigenvalue weighted by Crippen LogP contribution is 2.49. The summed E-state index contributed by atoms with van der Waals surface area (Å²) in [6, 6.07) is 7.63. The molecule has 2 unspecified atom stereocenters. The van der Waals surface area contributed by atoms with Gasteiger partial charge in [0, 0.05) is 72.9 Å². The quantitative estimate of drug-likeness (QED) is 0.493. The van der Waals surface area contributed by atoms with Crippen LogP contribution in [-0.2, 0) is 7.05 Å². The van der Waals surface area contributed by atoms with Crippen LogP contribution in [0.3, 0.4) is 0 Å². The van der Waals surface area contributed by atoms with Gasteiger partial charge in [-0.25, -0.2) is 18.2 Å². The average molecular weight is 468 g/mol. The molecule has 2 aliphatic heterocycles. The van der Waals surface area contributed by atoms with Gasteiger partial charge >= 0.3 is 0 Å². The van der Waals surface area contributed by atoms with E-state index in [1.54, 1.807) is 35.0 Å². The van der Waals surface area contributed by atoms with Crippen molar-refractivity contribution in [3.05, 3.63) is 77.3 Å². The number of hydrogen-bond acceptors (Lipinski definition) is 5. The number of fused-ring (bicyclic) bond motifs is 2. The molecule has 1 fully saturated rings. The Hall–Kier alpha value is -3.53. The van der Waals surface area contributed by atoms with E-state index in [1.807, 2.05) is 35.9 Å². The van der Waals surface area contributed by atoms with E-state index in [4.69, 9.17) is 0 Å². The Kier molecular flexibility index (Phi) is 4.47. The van der Waals surface area contributed by atoms with Gasteiger partial charge < -0.3 is 19.3 Å². The number of aromatic nitrogens is 4. The standard InChI is InChI=1S/C24H23F3N6O/c1-14-20-21(29-30(14)2)23(34)33(16-5-8-31-10-7-28-19(31)12-16)22(20)17-4-3-15(11-18(17)25)32-9-6-24(26,27)13-32/h3-5,7-8,10-12,22-23,34H,6,9,13H2,1-2H3. The Bertz CT molecular complexity index is 1410. The number of anilines is 2. The van der Waals surface area contributed by atoms with E-state index in [2.05, 4.69) is 10.1 Å². The maximum absolute atomic E-state index is 15.6. The van der Waals surface area contributed by atoms with Gasteiger partial charge in [0.05, 0.1) is 12.6 Å². The predicted molar refractivity (Wildman–Crippen MR) is 121 cm³/mol. The number of nitrogens with zero attached hydrogens (tertiary/aromatic N) is 6. The Labute approximate surface area is 193 Å². The number of aliphatic hydroxyl groups excluding tert-OH is 1. The smallest absolute Gasteiger partial charge is 0.266 e. The number of aliphatic hydroxyl groups is 1. The molecular weight excluding hydrogens is 445 g/mol. The number of hydrogen-bond donors (Lipinski definition) is 1. The van der Waals surface area contributed by atoms with E-state index in [1.165, 1.54) is 11.0 Å². The van der Waals surface area contributed by atoms with Gasteiger partial charge in [0.25, 0.3) is 5.92 Å². The van der Waals surface area contributed by atoms with Gasteiger partial charge in [-0.2, -0.15) is 5.10 Å². The number of halogens is 3. The molecule has 5 heterocycles. The molecule has 3 aromatic heterocycles. The van der Waals surface area contributed by atoms with Crippen molar-refractivity contribution < 1.29 is 18.3 Å². The van der Waals surface area contributed by atoms with Crippen LogP contribution in [0.1, 0.15) is 41.2 Å². The number of aryl methyl sites for hydroxylation is 1. The van der Waals surface area contributed by atoms with Gasteiger partial charge in [-0.05, 0) is 25.1 Å². The third kappa shape index (κ3) is 3.08. The van der Waals surface area contributed by atoms with Crippen LogP contribution in [0.25, 0.3) is 5.65 Å². The molecule has 10 heteroatoms. The van der Waals surface area contributed by atoms with Crippen molar-refractivity contribution in [1.29, 1.82) is 0 Å². The lowest BCUT2D eigenvalue weighted by Crippen LogP contribution is -2.29. The molecule has 0 bridgehead atoms. The van der Waals surface area contributed by atoms with Gasteiger partial charge in [0.15, 0.2) is 6.23 Å². The van der Waals surface area contributed by atoms with Crippen molar-refractivity contribution in [2.75, 3.05) is 22.9 Å². The molecule has 1 saturated heterocycles. The molecule has 2 aliphatic rings. The molecule has 0 amide bonds. The number of pyridine rings is 1. The number of benzene rings is 1. The second-order valence-corrected chi connectivity index (χ2v) is 9.00. The number of rotatable bonds is 3. The minimum atomic E-state index is -2.77. The fourth-order valence-corrected chi connectivity index (χ4v) is 5.14. The molecule has 0 aliphatic carbocycles. The third-order valence-electron chi connectivity index (χ3n) is 6.96. The topological polar surface area (TPSA) is 61.8 Å². The third-order valence-corrected chi connectivity index (χ3v) is 6.96. The molecule has 7 nitrogen and oxygen atoms in total. The first-order chi connectivity index (χ1) is 16.2. The lowest BCUT2D eigenvalue weighted by Gasteiger charge is -2.31. The maximum atomic E-state index is 15.6. The summed E-state index contributed by atoms with van der Waals surface area (Å²) < 4.78 is 46.6. The summed E-state index contributed by atoms with van der Waals surface area (Å²) in [6.45, 7) is 1.64. The summed E-state index contributed by atoms with van der Waals surface area (Å²) in [5.41, 5.74) is 4.13. The van der Waals surface area contributed by atoms with Crippen molar-refractivity contribution >= 4 is 17.0 Å². The highest BCUT2D eigenvalue weighted by Gasteiger charge is 2.44. The molecular formula is C24H23F3N6O. The van der Waals surface area contributed by atoms with Crippen molar-refractivity contribution in [2.24, 2.45) is 7.05 Å². The van der Waals surface area contributed by atoms with Crippen LogP contribution in [0.15, 0.2) is 48.9 Å². The fourth-order valence-electron chi connectivity index (χ4n) is 5.14. The summed E-state index contributed by atoms with van der Waals surface area (Å²) >= 11 is 0. The first kappa shape index (κ1) is 21.0. The molecule has 34 heavy (non-hydrogen) atoms. The maximum Gasteiger partial charge on any atom is 0.266 e. The second-order valence-electron chi connectivity index (χ2n) is 9.00. The molecule has 0 saturated carbocycles. The molecule has 0 spiro atoms. The minimum absolute atomic E-state index is 0.177. The molecule has 0 radical (unpaired) electrons. The summed E-state index contributed by atoms with van der Waals surface area (Å²) in [6.07, 6.45) is 3.99. The van der Waals surface area contributed by atoms with Crippen LogP contribution in [0.5, 0.6) is 0 Å². The summed E-state index contributed by atoms with van der Waals surface area (Å²) in [5, 5.41) is 15.8. The highest BCUT2D eigenvalue weighted by atomic mass is 19.3. The monoisotopic (exact) mass is 468 g/mol. The Morgan fingerprint density at radius 3 is 2.68 bits per heavy atom. The Morgan fingerprint density at radius 1 is 1.12 bits per heavy atom. The van der Waals surface area contributed by atoms with Gasteiger partial charge in [-0.3, -0.25) is 4.68 Å². The first-order valence-electron chi connectivity index (χ1n) is 11.1. The van der Waals surface area contributed by atoms with E-state index in [9.17, 15) is 13.9 Å². The normalized spacial score (nSPS) is 21.6. The van der Waals surface area contributed by atoms with Crippen LogP contribution in [0.2, 0.25) is 0 Å². The van der Waals surface area contributed by atoms with Gasteiger partial charge in [0.1, 0.15) is 17.2 Å². The number of alkyl halides is 2. The van der Waals surface area contributed by atoms with Crippen LogP contribution in [-0.4, -0.2) is 43.3 Å². The van der Waals surface area contributed by atoms with E-state index in [-0.39, 0.29) is 13.0 Å². The van der Waals surface area contributed by atoms with Crippen LogP contribution in [0, 0.1) is 12.7 Å². The van der Waals surface area contributed by atoms with E-state index in [0.717, 1.165) is 11.3 Å². The lowest BCUT2D eigenvalue weighted by atomic mass is 9.97. The van der Waals surface area contributed by atoms with Gasteiger partial charge in [-0.15, -0.1) is 0 Å². The zero-order valence-electron chi connectivity index (χ0n) is 18.7. The van der Waals surface area contributed by atoms with Gasteiger partial charge in [-0.1, -0.05) is 6.07 Å². The summed E-state index contributed by atoms with van der Waals surface area (Å²) in [5.74, 6) is -3.29. The van der Waals surface area contributed by atoms with Crippen LogP contribution < -0.4 is 9.80 Å².